The zero-order valence-electron chi connectivity index (χ0n) is 15.4. The summed E-state index contributed by atoms with van der Waals surface area (Å²) in [5.41, 5.74) is 1.55. The number of rotatable bonds is 8. The smallest absolute Gasteiger partial charge is 0.191 e. The van der Waals surface area contributed by atoms with Gasteiger partial charge in [-0.15, -0.1) is 35.3 Å². The number of benzene rings is 1. The monoisotopic (exact) mass is 491 g/mol. The predicted octanol–water partition coefficient (Wildman–Crippen LogP) is 4.20. The highest BCUT2D eigenvalue weighted by molar-refractivity contribution is 14.0. The fraction of sp³-hybridized carbons (Fsp3) is 0.421. The quantitative estimate of drug-likeness (QED) is 0.331. The van der Waals surface area contributed by atoms with Crippen LogP contribution in [-0.4, -0.2) is 26.7 Å². The molecular weight excluding hydrogens is 464 g/mol. The maximum absolute atomic E-state index is 13.7. The molecule has 7 heteroatoms. The average Bonchev–Trinajstić information content (AvgIpc) is 3.11. The molecule has 0 saturated carbocycles. The van der Waals surface area contributed by atoms with E-state index in [-0.39, 0.29) is 36.4 Å². The van der Waals surface area contributed by atoms with Crippen LogP contribution in [-0.2, 0) is 24.3 Å². The van der Waals surface area contributed by atoms with E-state index < -0.39 is 0 Å². The van der Waals surface area contributed by atoms with Gasteiger partial charge < -0.3 is 15.4 Å². The van der Waals surface area contributed by atoms with Crippen LogP contribution in [0.25, 0.3) is 0 Å². The van der Waals surface area contributed by atoms with E-state index >= 15 is 0 Å². The Bertz CT molecular complexity index is 679. The van der Waals surface area contributed by atoms with Crippen LogP contribution < -0.4 is 10.6 Å². The van der Waals surface area contributed by atoms with Crippen molar-refractivity contribution in [3.8, 4) is 0 Å². The molecule has 4 nitrogen and oxygen atoms in total. The Kier molecular flexibility index (Phi) is 10.8. The average molecular weight is 491 g/mol. The zero-order valence-corrected chi connectivity index (χ0v) is 18.6. The van der Waals surface area contributed by atoms with Crippen molar-refractivity contribution in [3.63, 3.8) is 0 Å². The molecule has 0 amide bonds. The fourth-order valence-electron chi connectivity index (χ4n) is 2.53. The minimum absolute atomic E-state index is 0. The molecule has 2 rings (SSSR count). The standard InChI is InChI=1S/C19H26FN3OS.HI/c1-14(9-17-5-4-8-25-17)11-22-19(21-2)23-12-15-6-7-18(20)16(10-15)13-24-3;/h4-8,10,14H,9,11-13H2,1-3H3,(H2,21,22,23);1H. The van der Waals surface area contributed by atoms with Crippen molar-refractivity contribution >= 4 is 41.3 Å². The molecule has 2 aromatic rings. The normalized spacial score (nSPS) is 12.4. The molecule has 0 bridgehead atoms. The number of nitrogens with zero attached hydrogens (tertiary/aromatic N) is 1. The molecule has 0 aliphatic carbocycles. The minimum atomic E-state index is -0.240. The lowest BCUT2D eigenvalue weighted by atomic mass is 10.1. The second-order valence-corrected chi connectivity index (χ2v) is 7.09. The van der Waals surface area contributed by atoms with Crippen molar-refractivity contribution in [3.05, 3.63) is 57.5 Å². The van der Waals surface area contributed by atoms with Crippen molar-refractivity contribution in [2.75, 3.05) is 20.7 Å². The van der Waals surface area contributed by atoms with Crippen LogP contribution >= 0.6 is 35.3 Å². The molecule has 1 heterocycles. The summed E-state index contributed by atoms with van der Waals surface area (Å²) in [4.78, 5) is 5.64. The van der Waals surface area contributed by atoms with Crippen LogP contribution in [0.5, 0.6) is 0 Å². The summed E-state index contributed by atoms with van der Waals surface area (Å²) in [7, 11) is 3.31. The number of aliphatic imine (C=N–C) groups is 1. The Morgan fingerprint density at radius 1 is 1.31 bits per heavy atom. The molecule has 1 atom stereocenters. The Hall–Kier alpha value is -1.19. The van der Waals surface area contributed by atoms with Crippen LogP contribution in [0.2, 0.25) is 0 Å². The number of guanidine groups is 1. The SMILES string of the molecule is CN=C(NCc1ccc(F)c(COC)c1)NCC(C)Cc1cccs1.I. The van der Waals surface area contributed by atoms with Gasteiger partial charge in [0.2, 0.25) is 0 Å². The summed E-state index contributed by atoms with van der Waals surface area (Å²) in [6.45, 7) is 3.91. The number of ether oxygens (including phenoxy) is 1. The number of thiophene rings is 1. The van der Waals surface area contributed by atoms with E-state index in [0.29, 0.717) is 18.0 Å². The number of halogens is 2. The van der Waals surface area contributed by atoms with Crippen LogP contribution in [0, 0.1) is 11.7 Å². The van der Waals surface area contributed by atoms with E-state index in [1.165, 1.54) is 10.9 Å². The molecule has 0 fully saturated rings. The Morgan fingerprint density at radius 3 is 2.77 bits per heavy atom. The van der Waals surface area contributed by atoms with E-state index in [1.807, 2.05) is 6.07 Å². The molecule has 0 saturated heterocycles. The third kappa shape index (κ3) is 7.59. The lowest BCUT2D eigenvalue weighted by Crippen LogP contribution is -2.39. The summed E-state index contributed by atoms with van der Waals surface area (Å²) in [6, 6.07) is 9.32. The van der Waals surface area contributed by atoms with Gasteiger partial charge in [-0.25, -0.2) is 4.39 Å². The molecule has 0 radical (unpaired) electrons. The van der Waals surface area contributed by atoms with Gasteiger partial charge in [0, 0.05) is 37.7 Å². The molecule has 1 aromatic heterocycles. The zero-order chi connectivity index (χ0) is 18.1. The Balaban J connectivity index is 0.00000338. The predicted molar refractivity (Wildman–Crippen MR) is 118 cm³/mol. The first-order chi connectivity index (χ1) is 12.1. The van der Waals surface area contributed by atoms with Gasteiger partial charge in [-0.3, -0.25) is 4.99 Å². The van der Waals surface area contributed by atoms with Crippen LogP contribution in [0.15, 0.2) is 40.7 Å². The highest BCUT2D eigenvalue weighted by atomic mass is 127. The first kappa shape index (κ1) is 22.9. The van der Waals surface area contributed by atoms with Gasteiger partial charge in [-0.05, 0) is 41.5 Å². The number of methoxy groups -OCH3 is 1. The Labute approximate surface area is 176 Å². The third-order valence-electron chi connectivity index (χ3n) is 3.84. The van der Waals surface area contributed by atoms with E-state index in [9.17, 15) is 4.39 Å². The van der Waals surface area contributed by atoms with Crippen molar-refractivity contribution in [1.29, 1.82) is 0 Å². The molecule has 0 aliphatic heterocycles. The molecule has 26 heavy (non-hydrogen) atoms. The van der Waals surface area contributed by atoms with Crippen molar-refractivity contribution < 1.29 is 9.13 Å². The van der Waals surface area contributed by atoms with Gasteiger partial charge >= 0.3 is 0 Å². The molecule has 1 unspecified atom stereocenters. The lowest BCUT2D eigenvalue weighted by molar-refractivity contribution is 0.181. The van der Waals surface area contributed by atoms with Gasteiger partial charge in [0.05, 0.1) is 6.61 Å². The molecule has 0 aliphatic rings. The maximum Gasteiger partial charge on any atom is 0.191 e. The van der Waals surface area contributed by atoms with Crippen LogP contribution in [0.1, 0.15) is 22.9 Å². The van der Waals surface area contributed by atoms with E-state index in [1.54, 1.807) is 31.6 Å². The van der Waals surface area contributed by atoms with E-state index in [0.717, 1.165) is 24.5 Å². The number of nitrogens with one attached hydrogen (secondary N) is 2. The van der Waals surface area contributed by atoms with E-state index in [4.69, 9.17) is 4.74 Å². The van der Waals surface area contributed by atoms with Gasteiger partial charge in [0.1, 0.15) is 5.82 Å². The summed E-state index contributed by atoms with van der Waals surface area (Å²) in [5, 5.41) is 8.72. The molecule has 1 aromatic carbocycles. The fourth-order valence-corrected chi connectivity index (χ4v) is 3.40. The van der Waals surface area contributed by atoms with Gasteiger partial charge in [0.25, 0.3) is 0 Å². The summed E-state index contributed by atoms with van der Waals surface area (Å²) < 4.78 is 18.7. The molecule has 144 valence electrons. The van der Waals surface area contributed by atoms with Crippen LogP contribution in [0.4, 0.5) is 4.39 Å². The second kappa shape index (κ2) is 12.2. The maximum atomic E-state index is 13.7. The second-order valence-electron chi connectivity index (χ2n) is 6.05. The number of hydrogen-bond donors (Lipinski definition) is 2. The lowest BCUT2D eigenvalue weighted by Gasteiger charge is -2.16. The summed E-state index contributed by atoms with van der Waals surface area (Å²) in [6.07, 6.45) is 1.06. The van der Waals surface area contributed by atoms with Gasteiger partial charge in [-0.2, -0.15) is 0 Å². The van der Waals surface area contributed by atoms with Crippen molar-refractivity contribution in [2.24, 2.45) is 10.9 Å². The first-order valence-corrected chi connectivity index (χ1v) is 9.23. The molecule has 0 spiro atoms. The summed E-state index contributed by atoms with van der Waals surface area (Å²) >= 11 is 1.79. The topological polar surface area (TPSA) is 45.7 Å². The van der Waals surface area contributed by atoms with E-state index in [2.05, 4.69) is 40.1 Å². The van der Waals surface area contributed by atoms with Gasteiger partial charge in [-0.1, -0.05) is 19.1 Å². The van der Waals surface area contributed by atoms with Crippen LogP contribution in [0.3, 0.4) is 0 Å². The minimum Gasteiger partial charge on any atom is -0.380 e. The summed E-state index contributed by atoms with van der Waals surface area (Å²) in [5.74, 6) is 1.02. The largest absolute Gasteiger partial charge is 0.380 e. The van der Waals surface area contributed by atoms with Gasteiger partial charge in [0.15, 0.2) is 5.96 Å². The van der Waals surface area contributed by atoms with Crippen molar-refractivity contribution in [2.45, 2.75) is 26.5 Å². The highest BCUT2D eigenvalue weighted by Gasteiger charge is 2.07. The first-order valence-electron chi connectivity index (χ1n) is 8.35. The number of hydrogen-bond acceptors (Lipinski definition) is 3. The molecular formula is C19H27FIN3OS. The molecule has 2 N–H and O–H groups in total. The Morgan fingerprint density at radius 2 is 2.12 bits per heavy atom. The van der Waals surface area contributed by atoms with Crippen molar-refractivity contribution in [1.82, 2.24) is 10.6 Å². The third-order valence-corrected chi connectivity index (χ3v) is 4.74. The highest BCUT2D eigenvalue weighted by Crippen LogP contribution is 2.14.